The molecule has 0 radical (unpaired) electrons. The Bertz CT molecular complexity index is 1070. The van der Waals surface area contributed by atoms with E-state index in [1.807, 2.05) is 38.1 Å². The number of dihydropyridines is 1. The van der Waals surface area contributed by atoms with Crippen LogP contribution in [0.25, 0.3) is 0 Å². The van der Waals surface area contributed by atoms with Gasteiger partial charge in [-0.25, -0.2) is 4.39 Å². The highest BCUT2D eigenvalue weighted by Crippen LogP contribution is 2.43. The van der Waals surface area contributed by atoms with Crippen LogP contribution in [0, 0.1) is 12.7 Å². The molecule has 2 aromatic rings. The van der Waals surface area contributed by atoms with Crippen molar-refractivity contribution in [2.24, 2.45) is 0 Å². The Morgan fingerprint density at radius 1 is 1.07 bits per heavy atom. The van der Waals surface area contributed by atoms with Crippen molar-refractivity contribution in [3.8, 4) is 0 Å². The summed E-state index contributed by atoms with van der Waals surface area (Å²) in [5.41, 5.74) is 4.33. The molecule has 29 heavy (non-hydrogen) atoms. The van der Waals surface area contributed by atoms with Crippen LogP contribution in [-0.2, 0) is 9.59 Å². The molecule has 0 unspecified atom stereocenters. The molecule has 1 amide bonds. The monoisotopic (exact) mass is 390 g/mol. The van der Waals surface area contributed by atoms with Crippen LogP contribution in [0.2, 0.25) is 0 Å². The highest BCUT2D eigenvalue weighted by molar-refractivity contribution is 6.10. The van der Waals surface area contributed by atoms with Gasteiger partial charge in [0.25, 0.3) is 5.91 Å². The molecule has 0 fully saturated rings. The summed E-state index contributed by atoms with van der Waals surface area (Å²) in [6.07, 6.45) is 1.89. The fraction of sp³-hybridized carbons (Fsp3) is 0.250. The third kappa shape index (κ3) is 3.48. The molecule has 0 spiro atoms. The van der Waals surface area contributed by atoms with Crippen molar-refractivity contribution in [3.63, 3.8) is 0 Å². The molecule has 0 bridgehead atoms. The van der Waals surface area contributed by atoms with Crippen LogP contribution in [0.5, 0.6) is 0 Å². The van der Waals surface area contributed by atoms with Crippen molar-refractivity contribution in [3.05, 3.63) is 88.0 Å². The van der Waals surface area contributed by atoms with Crippen LogP contribution < -0.4 is 10.6 Å². The van der Waals surface area contributed by atoms with E-state index in [1.54, 1.807) is 18.2 Å². The molecule has 1 aliphatic carbocycles. The number of amides is 1. The lowest BCUT2D eigenvalue weighted by atomic mass is 9.75. The first-order valence-electron chi connectivity index (χ1n) is 9.83. The summed E-state index contributed by atoms with van der Waals surface area (Å²) in [5.74, 6) is -1.49. The van der Waals surface area contributed by atoms with E-state index in [1.165, 1.54) is 6.07 Å². The third-order valence-corrected chi connectivity index (χ3v) is 5.63. The molecule has 2 aromatic carbocycles. The lowest BCUT2D eigenvalue weighted by Gasteiger charge is -2.34. The number of rotatable bonds is 3. The minimum atomic E-state index is -0.718. The number of carbonyl (C=O) groups is 2. The zero-order valence-corrected chi connectivity index (χ0v) is 16.5. The molecule has 1 heterocycles. The third-order valence-electron chi connectivity index (χ3n) is 5.63. The Hall–Kier alpha value is -3.21. The largest absolute Gasteiger partial charge is 0.362 e. The van der Waals surface area contributed by atoms with Crippen molar-refractivity contribution in [2.75, 3.05) is 5.32 Å². The summed E-state index contributed by atoms with van der Waals surface area (Å²) in [7, 11) is 0. The van der Waals surface area contributed by atoms with Crippen LogP contribution in [0.15, 0.2) is 71.1 Å². The predicted octanol–water partition coefficient (Wildman–Crippen LogP) is 4.74. The van der Waals surface area contributed by atoms with Crippen molar-refractivity contribution < 1.29 is 14.0 Å². The molecule has 0 aromatic heterocycles. The lowest BCUT2D eigenvalue weighted by molar-refractivity contribution is -0.116. The molecule has 0 saturated heterocycles. The smallest absolute Gasteiger partial charge is 0.254 e. The average molecular weight is 390 g/mol. The Kier molecular flexibility index (Phi) is 5.05. The van der Waals surface area contributed by atoms with Crippen LogP contribution in [0.4, 0.5) is 10.1 Å². The summed E-state index contributed by atoms with van der Waals surface area (Å²) in [4.78, 5) is 26.2. The zero-order valence-electron chi connectivity index (χ0n) is 16.5. The SMILES string of the molecule is CC1=C(C(=O)Nc2ccccc2C)[C@H](c2ccccc2F)C2=C(CCCC2=O)N1. The minimum absolute atomic E-state index is 0.0271. The number of allylic oxidation sites excluding steroid dienone is 3. The summed E-state index contributed by atoms with van der Waals surface area (Å²) in [6.45, 7) is 3.72. The number of ketones is 1. The maximum absolute atomic E-state index is 14.8. The maximum atomic E-state index is 14.8. The highest BCUT2D eigenvalue weighted by Gasteiger charge is 2.39. The van der Waals surface area contributed by atoms with Crippen LogP contribution >= 0.6 is 0 Å². The number of anilines is 1. The molecule has 0 saturated carbocycles. The van der Waals surface area contributed by atoms with Crippen molar-refractivity contribution in [1.29, 1.82) is 0 Å². The number of Topliss-reactive ketones (excluding diaryl/α,β-unsaturated/α-hetero) is 1. The van der Waals surface area contributed by atoms with Gasteiger partial charge in [-0.3, -0.25) is 9.59 Å². The first-order chi connectivity index (χ1) is 14.0. The van der Waals surface area contributed by atoms with E-state index in [9.17, 15) is 14.0 Å². The lowest BCUT2D eigenvalue weighted by Crippen LogP contribution is -2.35. The highest BCUT2D eigenvalue weighted by atomic mass is 19.1. The number of hydrogen-bond acceptors (Lipinski definition) is 3. The van der Waals surface area contributed by atoms with E-state index in [4.69, 9.17) is 0 Å². The van der Waals surface area contributed by atoms with Gasteiger partial charge in [0.15, 0.2) is 5.78 Å². The van der Waals surface area contributed by atoms with E-state index < -0.39 is 11.7 Å². The molecule has 1 atom stereocenters. The van der Waals surface area contributed by atoms with Gasteiger partial charge >= 0.3 is 0 Å². The fourth-order valence-electron chi connectivity index (χ4n) is 4.21. The summed E-state index contributed by atoms with van der Waals surface area (Å²) in [6, 6.07) is 13.9. The Labute approximate surface area is 169 Å². The van der Waals surface area contributed by atoms with Crippen LogP contribution in [0.1, 0.15) is 43.2 Å². The van der Waals surface area contributed by atoms with E-state index in [2.05, 4.69) is 10.6 Å². The normalized spacial score (nSPS) is 19.0. The number of para-hydroxylation sites is 1. The number of benzene rings is 2. The summed E-state index contributed by atoms with van der Waals surface area (Å²) in [5, 5.41) is 6.20. The second-order valence-electron chi connectivity index (χ2n) is 7.56. The number of hydrogen-bond donors (Lipinski definition) is 2. The molecule has 5 heteroatoms. The minimum Gasteiger partial charge on any atom is -0.362 e. The number of nitrogens with one attached hydrogen (secondary N) is 2. The molecule has 1 aliphatic heterocycles. The van der Waals surface area contributed by atoms with E-state index >= 15 is 0 Å². The van der Waals surface area contributed by atoms with Crippen molar-refractivity contribution in [2.45, 2.75) is 39.0 Å². The molecular formula is C24H23FN2O2. The van der Waals surface area contributed by atoms with Gasteiger partial charge < -0.3 is 10.6 Å². The average Bonchev–Trinajstić information content (AvgIpc) is 2.69. The van der Waals surface area contributed by atoms with Gasteiger partial charge in [-0.1, -0.05) is 36.4 Å². The summed E-state index contributed by atoms with van der Waals surface area (Å²) < 4.78 is 14.8. The Morgan fingerprint density at radius 2 is 1.79 bits per heavy atom. The quantitative estimate of drug-likeness (QED) is 0.796. The van der Waals surface area contributed by atoms with Crippen LogP contribution in [0.3, 0.4) is 0 Å². The van der Waals surface area contributed by atoms with Gasteiger partial charge in [0.1, 0.15) is 5.82 Å². The molecule has 4 nitrogen and oxygen atoms in total. The maximum Gasteiger partial charge on any atom is 0.254 e. The van der Waals surface area contributed by atoms with Crippen LogP contribution in [-0.4, -0.2) is 11.7 Å². The first-order valence-corrected chi connectivity index (χ1v) is 9.83. The van der Waals surface area contributed by atoms with Gasteiger partial charge in [-0.05, 0) is 44.4 Å². The van der Waals surface area contributed by atoms with Crippen molar-refractivity contribution in [1.82, 2.24) is 5.32 Å². The van der Waals surface area contributed by atoms with Gasteiger partial charge in [-0.2, -0.15) is 0 Å². The van der Waals surface area contributed by atoms with Gasteiger partial charge in [0.05, 0.1) is 0 Å². The molecule has 2 N–H and O–H groups in total. The molecule has 148 valence electrons. The fourth-order valence-corrected chi connectivity index (χ4v) is 4.21. The van der Waals surface area contributed by atoms with Crippen molar-refractivity contribution >= 4 is 17.4 Å². The second kappa shape index (κ2) is 7.66. The van der Waals surface area contributed by atoms with Gasteiger partial charge in [0, 0.05) is 46.1 Å². The second-order valence-corrected chi connectivity index (χ2v) is 7.56. The molecule has 4 rings (SSSR count). The number of halogens is 1. The zero-order chi connectivity index (χ0) is 20.5. The van der Waals surface area contributed by atoms with Gasteiger partial charge in [0.2, 0.25) is 0 Å². The van der Waals surface area contributed by atoms with E-state index in [0.29, 0.717) is 34.5 Å². The summed E-state index contributed by atoms with van der Waals surface area (Å²) >= 11 is 0. The topological polar surface area (TPSA) is 58.2 Å². The van der Waals surface area contributed by atoms with E-state index in [0.717, 1.165) is 24.1 Å². The Balaban J connectivity index is 1.82. The first kappa shape index (κ1) is 19.1. The van der Waals surface area contributed by atoms with E-state index in [-0.39, 0.29) is 11.7 Å². The van der Waals surface area contributed by atoms with Gasteiger partial charge in [-0.15, -0.1) is 0 Å². The molecular weight excluding hydrogens is 367 g/mol. The number of carbonyl (C=O) groups excluding carboxylic acids is 2. The standard InChI is InChI=1S/C24H23FN2O2/c1-14-8-3-6-11-18(14)27-24(29)21-15(2)26-19-12-7-13-20(28)23(19)22(21)16-9-4-5-10-17(16)25/h3-6,8-11,22,26H,7,12-13H2,1-2H3,(H,27,29)/t22-/m0/s1. The number of aryl methyl sites for hydroxylation is 1. The Morgan fingerprint density at radius 3 is 2.55 bits per heavy atom. The molecule has 2 aliphatic rings. The predicted molar refractivity (Wildman–Crippen MR) is 111 cm³/mol.